The summed E-state index contributed by atoms with van der Waals surface area (Å²) in [6.45, 7) is 1.85. The predicted molar refractivity (Wildman–Crippen MR) is 74.4 cm³/mol. The highest BCUT2D eigenvalue weighted by molar-refractivity contribution is 7.14. The average molecular weight is 270 g/mol. The van der Waals surface area contributed by atoms with Crippen LogP contribution in [-0.2, 0) is 0 Å². The van der Waals surface area contributed by atoms with Crippen LogP contribution in [0.15, 0.2) is 46.6 Å². The Morgan fingerprint density at radius 3 is 2.68 bits per heavy atom. The molecule has 1 heterocycles. The quantitative estimate of drug-likeness (QED) is 0.712. The van der Waals surface area contributed by atoms with E-state index in [0.29, 0.717) is 10.8 Å². The Balaban J connectivity index is 2.09. The van der Waals surface area contributed by atoms with E-state index >= 15 is 0 Å². The minimum Gasteiger partial charge on any atom is -0.506 e. The summed E-state index contributed by atoms with van der Waals surface area (Å²) in [7, 11) is 0. The van der Waals surface area contributed by atoms with Gasteiger partial charge in [-0.1, -0.05) is 41.7 Å². The number of aromatic hydroxyl groups is 1. The van der Waals surface area contributed by atoms with Crippen molar-refractivity contribution in [2.75, 3.05) is 0 Å². The largest absolute Gasteiger partial charge is 0.506 e. The number of aryl methyl sites for hydroxylation is 1. The summed E-state index contributed by atoms with van der Waals surface area (Å²) in [4.78, 5) is 0. The molecule has 1 aromatic heterocycles. The Hall–Kier alpha value is -2.34. The molecule has 0 aliphatic carbocycles. The van der Waals surface area contributed by atoms with Gasteiger partial charge in [-0.05, 0) is 18.4 Å². The third kappa shape index (κ3) is 2.30. The molecule has 0 aliphatic heterocycles. The van der Waals surface area contributed by atoms with Crippen LogP contribution in [0.1, 0.15) is 5.01 Å². The molecule has 0 amide bonds. The Morgan fingerprint density at radius 2 is 1.89 bits per heavy atom. The van der Waals surface area contributed by atoms with E-state index in [9.17, 15) is 5.11 Å². The van der Waals surface area contributed by atoms with Crippen molar-refractivity contribution in [1.82, 2.24) is 10.2 Å². The molecule has 0 unspecified atom stereocenters. The Kier molecular flexibility index (Phi) is 2.92. The maximum absolute atomic E-state index is 9.91. The van der Waals surface area contributed by atoms with Crippen molar-refractivity contribution in [2.45, 2.75) is 6.92 Å². The molecule has 0 radical (unpaired) electrons. The van der Waals surface area contributed by atoms with E-state index in [1.165, 1.54) is 11.3 Å². The van der Waals surface area contributed by atoms with Crippen LogP contribution in [0.2, 0.25) is 0 Å². The van der Waals surface area contributed by atoms with Gasteiger partial charge in [0, 0.05) is 5.39 Å². The van der Waals surface area contributed by atoms with Crippen molar-refractivity contribution in [3.05, 3.63) is 41.4 Å². The Morgan fingerprint density at radius 1 is 1.05 bits per heavy atom. The molecule has 0 aliphatic rings. The van der Waals surface area contributed by atoms with Crippen molar-refractivity contribution in [3.63, 3.8) is 0 Å². The minimum absolute atomic E-state index is 0.101. The number of phenols is 1. The van der Waals surface area contributed by atoms with E-state index in [1.54, 1.807) is 6.07 Å². The highest BCUT2D eigenvalue weighted by Gasteiger charge is 2.06. The fourth-order valence-corrected chi connectivity index (χ4v) is 2.28. The zero-order chi connectivity index (χ0) is 13.2. The summed E-state index contributed by atoms with van der Waals surface area (Å²) in [5.74, 6) is 0.101. The molecule has 3 aromatic rings. The third-order valence-corrected chi connectivity index (χ3v) is 3.35. The maximum atomic E-state index is 9.91. The molecule has 0 atom stereocenters. The van der Waals surface area contributed by atoms with E-state index in [0.717, 1.165) is 15.8 Å². The van der Waals surface area contributed by atoms with Crippen molar-refractivity contribution < 1.29 is 5.11 Å². The van der Waals surface area contributed by atoms with Crippen LogP contribution in [0.5, 0.6) is 5.75 Å². The lowest BCUT2D eigenvalue weighted by atomic mass is 10.1. The summed E-state index contributed by atoms with van der Waals surface area (Å²) in [5, 5.41) is 28.9. The summed E-state index contributed by atoms with van der Waals surface area (Å²) in [6.07, 6.45) is 0. The molecular formula is C13H10N4OS. The lowest BCUT2D eigenvalue weighted by Gasteiger charge is -2.02. The molecule has 1 N–H and O–H groups in total. The zero-order valence-electron chi connectivity index (χ0n) is 10.1. The van der Waals surface area contributed by atoms with Crippen molar-refractivity contribution in [2.24, 2.45) is 10.2 Å². The fraction of sp³-hybridized carbons (Fsp3) is 0.0769. The lowest BCUT2D eigenvalue weighted by Crippen LogP contribution is -1.74. The number of azo groups is 1. The molecule has 2 aromatic carbocycles. The molecule has 6 heteroatoms. The van der Waals surface area contributed by atoms with Crippen LogP contribution in [0, 0.1) is 6.92 Å². The van der Waals surface area contributed by atoms with Crippen molar-refractivity contribution in [1.29, 1.82) is 0 Å². The number of fused-ring (bicyclic) bond motifs is 1. The van der Waals surface area contributed by atoms with E-state index in [4.69, 9.17) is 0 Å². The van der Waals surface area contributed by atoms with Gasteiger partial charge in [-0.25, -0.2) is 0 Å². The highest BCUT2D eigenvalue weighted by Crippen LogP contribution is 2.36. The van der Waals surface area contributed by atoms with Gasteiger partial charge in [0.2, 0.25) is 0 Å². The highest BCUT2D eigenvalue weighted by atomic mass is 32.1. The predicted octanol–water partition coefficient (Wildman–Crippen LogP) is 4.12. The van der Waals surface area contributed by atoms with Gasteiger partial charge in [0.05, 0.1) is 0 Å². The molecule has 0 fully saturated rings. The molecule has 94 valence electrons. The Labute approximate surface area is 113 Å². The zero-order valence-corrected chi connectivity index (χ0v) is 10.9. The standard InChI is InChI=1S/C13H10N4OS/c1-8-14-16-13(19-8)17-15-12-10-5-3-2-4-9(10)6-7-11(12)18/h2-7,18H,1H3. The molecule has 5 nitrogen and oxygen atoms in total. The molecule has 0 saturated carbocycles. The molecule has 0 bridgehead atoms. The van der Waals surface area contributed by atoms with Gasteiger partial charge in [-0.3, -0.25) is 0 Å². The van der Waals surface area contributed by atoms with Crippen LogP contribution in [0.4, 0.5) is 10.8 Å². The first-order valence-electron chi connectivity index (χ1n) is 5.66. The van der Waals surface area contributed by atoms with Gasteiger partial charge in [-0.15, -0.1) is 20.4 Å². The number of rotatable bonds is 2. The van der Waals surface area contributed by atoms with Crippen LogP contribution < -0.4 is 0 Å². The normalized spacial score (nSPS) is 11.4. The van der Waals surface area contributed by atoms with Gasteiger partial charge in [-0.2, -0.15) is 0 Å². The van der Waals surface area contributed by atoms with Gasteiger partial charge in [0.25, 0.3) is 5.13 Å². The second-order valence-corrected chi connectivity index (χ2v) is 5.12. The minimum atomic E-state index is 0.101. The first-order chi connectivity index (χ1) is 9.24. The number of hydrogen-bond acceptors (Lipinski definition) is 6. The first-order valence-corrected chi connectivity index (χ1v) is 6.48. The number of aromatic nitrogens is 2. The van der Waals surface area contributed by atoms with Gasteiger partial charge in [0.15, 0.2) is 0 Å². The molecule has 19 heavy (non-hydrogen) atoms. The van der Waals surface area contributed by atoms with Crippen LogP contribution in [0.25, 0.3) is 10.8 Å². The van der Waals surface area contributed by atoms with E-state index in [-0.39, 0.29) is 5.75 Å². The fourth-order valence-electron chi connectivity index (χ4n) is 1.77. The van der Waals surface area contributed by atoms with Gasteiger partial charge >= 0.3 is 0 Å². The number of hydrogen-bond donors (Lipinski definition) is 1. The molecule has 0 spiro atoms. The number of benzene rings is 2. The van der Waals surface area contributed by atoms with Gasteiger partial charge in [0.1, 0.15) is 16.4 Å². The van der Waals surface area contributed by atoms with E-state index in [1.807, 2.05) is 37.3 Å². The van der Waals surface area contributed by atoms with Gasteiger partial charge < -0.3 is 5.11 Å². The summed E-state index contributed by atoms with van der Waals surface area (Å²) in [5.41, 5.74) is 0.450. The van der Waals surface area contributed by atoms with E-state index < -0.39 is 0 Å². The summed E-state index contributed by atoms with van der Waals surface area (Å²) in [6, 6.07) is 11.2. The average Bonchev–Trinajstić information content (AvgIpc) is 2.83. The smallest absolute Gasteiger partial charge is 0.251 e. The monoisotopic (exact) mass is 270 g/mol. The van der Waals surface area contributed by atoms with Crippen LogP contribution >= 0.6 is 11.3 Å². The molecule has 0 saturated heterocycles. The van der Waals surface area contributed by atoms with E-state index in [2.05, 4.69) is 20.4 Å². The Bertz CT molecular complexity index is 766. The third-order valence-electron chi connectivity index (χ3n) is 2.63. The van der Waals surface area contributed by atoms with Crippen LogP contribution in [0.3, 0.4) is 0 Å². The van der Waals surface area contributed by atoms with Crippen molar-refractivity contribution >= 4 is 32.9 Å². The van der Waals surface area contributed by atoms with Crippen molar-refractivity contribution in [3.8, 4) is 5.75 Å². The number of nitrogens with zero attached hydrogens (tertiary/aromatic N) is 4. The first kappa shape index (κ1) is 11.7. The second kappa shape index (κ2) is 4.74. The number of phenolic OH excluding ortho intramolecular Hbond substituents is 1. The maximum Gasteiger partial charge on any atom is 0.251 e. The topological polar surface area (TPSA) is 70.7 Å². The lowest BCUT2D eigenvalue weighted by molar-refractivity contribution is 0.477. The molecule has 3 rings (SSSR count). The molecular weight excluding hydrogens is 260 g/mol. The van der Waals surface area contributed by atoms with Crippen LogP contribution in [-0.4, -0.2) is 15.3 Å². The second-order valence-electron chi connectivity index (χ2n) is 3.96. The summed E-state index contributed by atoms with van der Waals surface area (Å²) < 4.78 is 0. The SMILES string of the molecule is Cc1nnc(N=Nc2c(O)ccc3ccccc23)s1. The summed E-state index contributed by atoms with van der Waals surface area (Å²) >= 11 is 1.35.